The van der Waals surface area contributed by atoms with Crippen molar-refractivity contribution in [3.8, 4) is 0 Å². The molecule has 16 heavy (non-hydrogen) atoms. The van der Waals surface area contributed by atoms with Gasteiger partial charge in [-0.2, -0.15) is 0 Å². The number of nitrogens with one attached hydrogen (secondary N) is 1. The number of hydrogen-bond acceptors (Lipinski definition) is 3. The maximum Gasteiger partial charge on any atom is 0.147 e. The Morgan fingerprint density at radius 1 is 1.12 bits per heavy atom. The predicted molar refractivity (Wildman–Crippen MR) is 70.5 cm³/mol. The van der Waals surface area contributed by atoms with Gasteiger partial charge in [0, 0.05) is 12.3 Å². The smallest absolute Gasteiger partial charge is 0.147 e. The summed E-state index contributed by atoms with van der Waals surface area (Å²) in [6, 6.07) is 0.342. The van der Waals surface area contributed by atoms with Crippen LogP contribution in [0.3, 0.4) is 0 Å². The maximum atomic E-state index is 11.2. The summed E-state index contributed by atoms with van der Waals surface area (Å²) in [5.41, 5.74) is 0. The first-order valence-corrected chi connectivity index (χ1v) is 8.37. The fraction of sp³-hybridized carbons (Fsp3) is 1.00. The minimum atomic E-state index is -2.83. The molecule has 0 aliphatic carbocycles. The van der Waals surface area contributed by atoms with Gasteiger partial charge in [-0.3, -0.25) is 0 Å². The molecule has 0 fully saturated rings. The van der Waals surface area contributed by atoms with Gasteiger partial charge in [0.2, 0.25) is 0 Å². The summed E-state index contributed by atoms with van der Waals surface area (Å²) in [5.74, 6) is 0.848. The third-order valence-electron chi connectivity index (χ3n) is 2.89. The second-order valence-corrected chi connectivity index (χ2v) is 7.00. The van der Waals surface area contributed by atoms with Gasteiger partial charge in [0.15, 0.2) is 0 Å². The van der Waals surface area contributed by atoms with Gasteiger partial charge in [-0.25, -0.2) is 8.42 Å². The van der Waals surface area contributed by atoms with Crippen molar-refractivity contribution < 1.29 is 8.42 Å². The first-order valence-electron chi connectivity index (χ1n) is 6.31. The highest BCUT2D eigenvalue weighted by Gasteiger charge is 2.17. The molecule has 0 aromatic heterocycles. The van der Waals surface area contributed by atoms with Crippen LogP contribution in [0.15, 0.2) is 0 Å². The van der Waals surface area contributed by atoms with E-state index < -0.39 is 9.84 Å². The SMILES string of the molecule is CCCNC(CCS(C)(=O)=O)C(C)CCC. The van der Waals surface area contributed by atoms with Crippen LogP contribution in [0.25, 0.3) is 0 Å². The second-order valence-electron chi connectivity index (χ2n) is 4.75. The summed E-state index contributed by atoms with van der Waals surface area (Å²) < 4.78 is 22.3. The number of hydrogen-bond donors (Lipinski definition) is 1. The standard InChI is InChI=1S/C12H27NO2S/c1-5-7-11(3)12(13-9-6-2)8-10-16(4,14)15/h11-13H,5-10H2,1-4H3. The average molecular weight is 249 g/mol. The molecule has 0 amide bonds. The van der Waals surface area contributed by atoms with E-state index in [1.165, 1.54) is 6.26 Å². The highest BCUT2D eigenvalue weighted by molar-refractivity contribution is 7.90. The van der Waals surface area contributed by atoms with Gasteiger partial charge in [-0.15, -0.1) is 0 Å². The predicted octanol–water partition coefficient (Wildman–Crippen LogP) is 2.23. The van der Waals surface area contributed by atoms with Gasteiger partial charge in [0.05, 0.1) is 5.75 Å². The van der Waals surface area contributed by atoms with Gasteiger partial charge in [0.25, 0.3) is 0 Å². The molecule has 0 bridgehead atoms. The number of sulfone groups is 1. The molecule has 0 saturated carbocycles. The van der Waals surface area contributed by atoms with Gasteiger partial charge in [0.1, 0.15) is 9.84 Å². The Labute approximate surface area is 101 Å². The summed E-state index contributed by atoms with van der Waals surface area (Å²) in [7, 11) is -2.83. The normalized spacial score (nSPS) is 16.0. The molecule has 0 aromatic carbocycles. The zero-order valence-corrected chi connectivity index (χ0v) is 11.9. The molecule has 0 radical (unpaired) electrons. The van der Waals surface area contributed by atoms with E-state index >= 15 is 0 Å². The third kappa shape index (κ3) is 8.11. The topological polar surface area (TPSA) is 46.2 Å². The Bertz CT molecular complexity index is 262. The van der Waals surface area contributed by atoms with Crippen LogP contribution in [0.2, 0.25) is 0 Å². The van der Waals surface area contributed by atoms with Crippen LogP contribution in [0.1, 0.15) is 46.5 Å². The molecule has 0 aliphatic heterocycles. The van der Waals surface area contributed by atoms with Crippen LogP contribution in [0.4, 0.5) is 0 Å². The molecule has 2 unspecified atom stereocenters. The average Bonchev–Trinajstić information content (AvgIpc) is 2.16. The summed E-state index contributed by atoms with van der Waals surface area (Å²) in [6.07, 6.45) is 5.46. The first kappa shape index (κ1) is 15.9. The molecule has 0 saturated heterocycles. The van der Waals surface area contributed by atoms with Crippen LogP contribution >= 0.6 is 0 Å². The van der Waals surface area contributed by atoms with Crippen LogP contribution in [0, 0.1) is 5.92 Å². The molecule has 0 spiro atoms. The van der Waals surface area contributed by atoms with Crippen molar-refractivity contribution in [2.45, 2.75) is 52.5 Å². The van der Waals surface area contributed by atoms with E-state index in [9.17, 15) is 8.42 Å². The van der Waals surface area contributed by atoms with Crippen LogP contribution < -0.4 is 5.32 Å². The zero-order chi connectivity index (χ0) is 12.6. The van der Waals surface area contributed by atoms with E-state index in [4.69, 9.17) is 0 Å². The van der Waals surface area contributed by atoms with E-state index in [0.29, 0.717) is 17.7 Å². The van der Waals surface area contributed by atoms with Crippen molar-refractivity contribution in [2.75, 3.05) is 18.6 Å². The summed E-state index contributed by atoms with van der Waals surface area (Å²) in [5, 5.41) is 3.46. The van der Waals surface area contributed by atoms with Gasteiger partial charge in [-0.05, 0) is 31.7 Å². The monoisotopic (exact) mass is 249 g/mol. The van der Waals surface area contributed by atoms with E-state index in [0.717, 1.165) is 32.2 Å². The van der Waals surface area contributed by atoms with Gasteiger partial charge in [-0.1, -0.05) is 27.2 Å². The summed E-state index contributed by atoms with van der Waals surface area (Å²) in [4.78, 5) is 0. The Kier molecular flexibility index (Phi) is 8.02. The van der Waals surface area contributed by atoms with E-state index in [-0.39, 0.29) is 0 Å². The molecule has 1 N–H and O–H groups in total. The third-order valence-corrected chi connectivity index (χ3v) is 3.86. The minimum Gasteiger partial charge on any atom is -0.314 e. The molecular formula is C12H27NO2S. The second kappa shape index (κ2) is 8.07. The van der Waals surface area contributed by atoms with E-state index in [1.54, 1.807) is 0 Å². The lowest BCUT2D eigenvalue weighted by Crippen LogP contribution is -2.37. The molecule has 0 aromatic rings. The molecular weight excluding hydrogens is 222 g/mol. The zero-order valence-electron chi connectivity index (χ0n) is 11.1. The highest BCUT2D eigenvalue weighted by Crippen LogP contribution is 2.14. The quantitative estimate of drug-likeness (QED) is 0.681. The Hall–Kier alpha value is -0.0900. The fourth-order valence-electron chi connectivity index (χ4n) is 1.92. The van der Waals surface area contributed by atoms with Crippen LogP contribution in [-0.4, -0.2) is 33.0 Å². The van der Waals surface area contributed by atoms with Crippen LogP contribution in [-0.2, 0) is 9.84 Å². The maximum absolute atomic E-state index is 11.2. The molecule has 2 atom stereocenters. The van der Waals surface area contributed by atoms with Crippen LogP contribution in [0.5, 0.6) is 0 Å². The Morgan fingerprint density at radius 2 is 1.75 bits per heavy atom. The molecule has 98 valence electrons. The highest BCUT2D eigenvalue weighted by atomic mass is 32.2. The molecule has 0 heterocycles. The Balaban J connectivity index is 4.19. The molecule has 3 nitrogen and oxygen atoms in total. The Morgan fingerprint density at radius 3 is 2.19 bits per heavy atom. The van der Waals surface area contributed by atoms with Crippen molar-refractivity contribution in [3.63, 3.8) is 0 Å². The summed E-state index contributed by atoms with van der Waals surface area (Å²) in [6.45, 7) is 7.48. The number of rotatable bonds is 9. The summed E-state index contributed by atoms with van der Waals surface area (Å²) >= 11 is 0. The molecule has 0 aliphatic rings. The molecule has 4 heteroatoms. The lowest BCUT2D eigenvalue weighted by atomic mass is 9.95. The lowest BCUT2D eigenvalue weighted by molar-refractivity contribution is 0.346. The minimum absolute atomic E-state index is 0.294. The van der Waals surface area contributed by atoms with E-state index in [2.05, 4.69) is 26.1 Å². The van der Waals surface area contributed by atoms with Crippen molar-refractivity contribution >= 4 is 9.84 Å². The van der Waals surface area contributed by atoms with Gasteiger partial charge < -0.3 is 5.32 Å². The molecule has 0 rings (SSSR count). The van der Waals surface area contributed by atoms with Crippen molar-refractivity contribution in [2.24, 2.45) is 5.92 Å². The fourth-order valence-corrected chi connectivity index (χ4v) is 2.60. The van der Waals surface area contributed by atoms with E-state index in [1.807, 2.05) is 0 Å². The lowest BCUT2D eigenvalue weighted by Gasteiger charge is -2.24. The first-order chi connectivity index (χ1) is 7.40. The van der Waals surface area contributed by atoms with Crippen molar-refractivity contribution in [3.05, 3.63) is 0 Å². The van der Waals surface area contributed by atoms with Crippen molar-refractivity contribution in [1.82, 2.24) is 5.32 Å². The van der Waals surface area contributed by atoms with Crippen molar-refractivity contribution in [1.29, 1.82) is 0 Å². The van der Waals surface area contributed by atoms with Gasteiger partial charge >= 0.3 is 0 Å². The largest absolute Gasteiger partial charge is 0.314 e.